The molecule has 0 amide bonds. The fraction of sp³-hybridized carbons (Fsp3) is 0. The summed E-state index contributed by atoms with van der Waals surface area (Å²) in [5.41, 5.74) is 0. The molecule has 0 aliphatic heterocycles. The Bertz CT molecular complexity index is 394. The molecule has 1 radical (unpaired) electrons. The summed E-state index contributed by atoms with van der Waals surface area (Å²) in [6.07, 6.45) is 4.09. The minimum atomic E-state index is -0.394. The van der Waals surface area contributed by atoms with Crippen molar-refractivity contribution in [3.8, 4) is 0 Å². The van der Waals surface area contributed by atoms with Gasteiger partial charge in [0.1, 0.15) is 0 Å². The highest BCUT2D eigenvalue weighted by atomic mass is 31.1. The van der Waals surface area contributed by atoms with Crippen LogP contribution in [0, 0.1) is 6.16 Å². The van der Waals surface area contributed by atoms with E-state index in [4.69, 9.17) is 0 Å². The summed E-state index contributed by atoms with van der Waals surface area (Å²) in [5, 5.41) is 2.73. The van der Waals surface area contributed by atoms with E-state index in [1.807, 2.05) is 6.08 Å². The molecule has 2 aromatic rings. The molecule has 2 rings (SSSR count). The normalized spacial score (nSPS) is 10.3. The van der Waals surface area contributed by atoms with Crippen LogP contribution in [0.4, 0.5) is 0 Å². The van der Waals surface area contributed by atoms with Crippen LogP contribution in [-0.2, 0) is 0 Å². The van der Waals surface area contributed by atoms with Crippen LogP contribution in [0.2, 0.25) is 0 Å². The Morgan fingerprint density at radius 2 is 1.19 bits per heavy atom. The van der Waals surface area contributed by atoms with Gasteiger partial charge in [0.15, 0.2) is 0 Å². The van der Waals surface area contributed by atoms with Crippen LogP contribution in [0.5, 0.6) is 0 Å². The molecule has 0 aliphatic rings. The molecule has 0 N–H and O–H groups in total. The average molecular weight is 225 g/mol. The molecule has 0 bridgehead atoms. The van der Waals surface area contributed by atoms with Gasteiger partial charge in [-0.1, -0.05) is 66.7 Å². The molecule has 1 heteroatoms. The molecule has 0 saturated carbocycles. The van der Waals surface area contributed by atoms with Gasteiger partial charge in [0.25, 0.3) is 0 Å². The number of hydrogen-bond donors (Lipinski definition) is 0. The van der Waals surface area contributed by atoms with Crippen molar-refractivity contribution in [3.63, 3.8) is 0 Å². The predicted molar refractivity (Wildman–Crippen MR) is 73.6 cm³/mol. The Morgan fingerprint density at radius 3 is 1.56 bits per heavy atom. The standard InChI is InChI=1S/C15H14P/c1-2-13-16(14-9-5-3-6-10-14)15-11-7-4-8-12-15/h2-13H,1H2. The lowest BCUT2D eigenvalue weighted by molar-refractivity contribution is 1.75. The lowest BCUT2D eigenvalue weighted by Gasteiger charge is -2.16. The van der Waals surface area contributed by atoms with Crippen molar-refractivity contribution < 1.29 is 0 Å². The molecular weight excluding hydrogens is 211 g/mol. The molecule has 2 aromatic carbocycles. The number of allylic oxidation sites excluding steroid dienone is 1. The lowest BCUT2D eigenvalue weighted by Crippen LogP contribution is -2.10. The van der Waals surface area contributed by atoms with Gasteiger partial charge in [-0.2, -0.15) is 0 Å². The van der Waals surface area contributed by atoms with Gasteiger partial charge in [-0.15, -0.1) is 6.58 Å². The monoisotopic (exact) mass is 225 g/mol. The van der Waals surface area contributed by atoms with E-state index in [-0.39, 0.29) is 0 Å². The molecule has 0 saturated heterocycles. The highest BCUT2D eigenvalue weighted by molar-refractivity contribution is 7.75. The SMILES string of the molecule is C=C[CH]P(c1ccccc1)c1ccccc1. The Hall–Kier alpha value is -1.39. The minimum Gasteiger partial charge on any atom is -0.102 e. The van der Waals surface area contributed by atoms with Crippen molar-refractivity contribution in [1.82, 2.24) is 0 Å². The number of rotatable bonds is 4. The van der Waals surface area contributed by atoms with E-state index < -0.39 is 7.92 Å². The molecule has 0 aliphatic carbocycles. The Morgan fingerprint density at radius 1 is 0.750 bits per heavy atom. The molecule has 0 fully saturated rings. The van der Waals surface area contributed by atoms with Crippen molar-refractivity contribution >= 4 is 18.5 Å². The molecule has 0 aromatic heterocycles. The van der Waals surface area contributed by atoms with Gasteiger partial charge >= 0.3 is 0 Å². The maximum Gasteiger partial charge on any atom is 0.0156 e. The van der Waals surface area contributed by atoms with Gasteiger partial charge in [-0.25, -0.2) is 0 Å². The highest BCUT2D eigenvalue weighted by Crippen LogP contribution is 2.36. The van der Waals surface area contributed by atoms with E-state index >= 15 is 0 Å². The maximum atomic E-state index is 3.81. The van der Waals surface area contributed by atoms with Gasteiger partial charge < -0.3 is 0 Å². The summed E-state index contributed by atoms with van der Waals surface area (Å²) in [6, 6.07) is 21.2. The zero-order valence-corrected chi connectivity index (χ0v) is 9.98. The van der Waals surface area contributed by atoms with Crippen LogP contribution in [-0.4, -0.2) is 0 Å². The topological polar surface area (TPSA) is 0 Å². The van der Waals surface area contributed by atoms with Gasteiger partial charge in [-0.05, 0) is 18.5 Å². The van der Waals surface area contributed by atoms with Gasteiger partial charge in [0.05, 0.1) is 0 Å². The Balaban J connectivity index is 2.35. The summed E-state index contributed by atoms with van der Waals surface area (Å²) in [7, 11) is -0.394. The number of benzene rings is 2. The van der Waals surface area contributed by atoms with E-state index in [0.29, 0.717) is 0 Å². The fourth-order valence-corrected chi connectivity index (χ4v) is 3.44. The van der Waals surface area contributed by atoms with Gasteiger partial charge in [0, 0.05) is 6.16 Å². The van der Waals surface area contributed by atoms with Crippen LogP contribution in [0.1, 0.15) is 0 Å². The molecule has 0 atom stereocenters. The van der Waals surface area contributed by atoms with E-state index in [1.165, 1.54) is 10.6 Å². The minimum absolute atomic E-state index is 0.394. The largest absolute Gasteiger partial charge is 0.102 e. The first-order valence-electron chi connectivity index (χ1n) is 5.27. The van der Waals surface area contributed by atoms with E-state index in [9.17, 15) is 0 Å². The van der Waals surface area contributed by atoms with Crippen LogP contribution in [0.3, 0.4) is 0 Å². The van der Waals surface area contributed by atoms with Crippen molar-refractivity contribution in [2.45, 2.75) is 0 Å². The highest BCUT2D eigenvalue weighted by Gasteiger charge is 2.10. The first-order chi connectivity index (χ1) is 7.92. The smallest absolute Gasteiger partial charge is 0.0156 e. The summed E-state index contributed by atoms with van der Waals surface area (Å²) in [5.74, 6) is 0. The molecular formula is C15H14P. The zero-order chi connectivity index (χ0) is 11.2. The molecule has 16 heavy (non-hydrogen) atoms. The summed E-state index contributed by atoms with van der Waals surface area (Å²) in [6.45, 7) is 3.81. The maximum absolute atomic E-state index is 3.81. The lowest BCUT2D eigenvalue weighted by atomic mass is 10.4. The molecule has 79 valence electrons. The summed E-state index contributed by atoms with van der Waals surface area (Å²) < 4.78 is 0. The zero-order valence-electron chi connectivity index (χ0n) is 9.08. The third kappa shape index (κ3) is 2.59. The quantitative estimate of drug-likeness (QED) is 0.699. The van der Waals surface area contributed by atoms with Crippen LogP contribution < -0.4 is 10.6 Å². The second-order valence-electron chi connectivity index (χ2n) is 3.43. The van der Waals surface area contributed by atoms with Crippen LogP contribution in [0.15, 0.2) is 73.3 Å². The third-order valence-electron chi connectivity index (χ3n) is 2.32. The molecule has 0 spiro atoms. The Kier molecular flexibility index (Phi) is 3.91. The summed E-state index contributed by atoms with van der Waals surface area (Å²) >= 11 is 0. The van der Waals surface area contributed by atoms with Crippen molar-refractivity contribution in [2.24, 2.45) is 0 Å². The van der Waals surface area contributed by atoms with Gasteiger partial charge in [0.2, 0.25) is 0 Å². The average Bonchev–Trinajstić information content (AvgIpc) is 2.38. The third-order valence-corrected chi connectivity index (χ3v) is 4.54. The number of hydrogen-bond acceptors (Lipinski definition) is 0. The first kappa shape index (κ1) is 11.1. The van der Waals surface area contributed by atoms with Crippen molar-refractivity contribution in [3.05, 3.63) is 79.5 Å². The van der Waals surface area contributed by atoms with Crippen LogP contribution >= 0.6 is 7.92 Å². The molecule has 0 unspecified atom stereocenters. The van der Waals surface area contributed by atoms with E-state index in [1.54, 1.807) is 0 Å². The van der Waals surface area contributed by atoms with E-state index in [2.05, 4.69) is 73.4 Å². The summed E-state index contributed by atoms with van der Waals surface area (Å²) in [4.78, 5) is 0. The molecule has 0 heterocycles. The first-order valence-corrected chi connectivity index (χ1v) is 6.68. The second kappa shape index (κ2) is 5.63. The second-order valence-corrected chi connectivity index (χ2v) is 5.50. The van der Waals surface area contributed by atoms with Crippen LogP contribution in [0.25, 0.3) is 0 Å². The van der Waals surface area contributed by atoms with Crippen molar-refractivity contribution in [1.29, 1.82) is 0 Å². The predicted octanol–water partition coefficient (Wildman–Crippen LogP) is 3.47. The Labute approximate surface area is 98.4 Å². The molecule has 0 nitrogen and oxygen atoms in total. The van der Waals surface area contributed by atoms with E-state index in [0.717, 1.165) is 0 Å². The van der Waals surface area contributed by atoms with Crippen molar-refractivity contribution in [2.75, 3.05) is 0 Å². The fourth-order valence-electron chi connectivity index (χ4n) is 1.60. The van der Waals surface area contributed by atoms with Gasteiger partial charge in [-0.3, -0.25) is 0 Å².